The van der Waals surface area contributed by atoms with Crippen LogP contribution < -0.4 is 14.8 Å². The lowest BCUT2D eigenvalue weighted by Gasteiger charge is -2.15. The molecule has 0 radical (unpaired) electrons. The van der Waals surface area contributed by atoms with Crippen LogP contribution in [0.3, 0.4) is 0 Å². The fourth-order valence-corrected chi connectivity index (χ4v) is 2.14. The number of carbonyl (C=O) groups is 2. The molecule has 0 aliphatic heterocycles. The van der Waals surface area contributed by atoms with E-state index < -0.39 is 17.9 Å². The highest BCUT2D eigenvalue weighted by Crippen LogP contribution is 2.19. The summed E-state index contributed by atoms with van der Waals surface area (Å²) < 4.78 is 10.5. The number of carboxylic acid groups (broad SMARTS) is 1. The summed E-state index contributed by atoms with van der Waals surface area (Å²) in [4.78, 5) is 28.0. The molecule has 1 unspecified atom stereocenters. The fraction of sp³-hybridized carbons (Fsp3) is 0.278. The third-order valence-electron chi connectivity index (χ3n) is 3.28. The predicted octanol–water partition coefficient (Wildman–Crippen LogP) is 2.43. The first-order valence-electron chi connectivity index (χ1n) is 7.72. The highest BCUT2D eigenvalue weighted by atomic mass is 16.5. The molecule has 0 saturated heterocycles. The molecule has 1 amide bonds. The highest BCUT2D eigenvalue weighted by molar-refractivity contribution is 5.95. The number of hydrogen-bond acceptors (Lipinski definition) is 5. The molecule has 1 heterocycles. The number of ether oxygens (including phenoxy) is 2. The van der Waals surface area contributed by atoms with E-state index in [1.165, 1.54) is 13.2 Å². The summed E-state index contributed by atoms with van der Waals surface area (Å²) in [5, 5.41) is 11.9. The molecular formula is C18H20N2O5. The first-order chi connectivity index (χ1) is 11.9. The van der Waals surface area contributed by atoms with Crippen LogP contribution in [-0.4, -0.2) is 35.2 Å². The van der Waals surface area contributed by atoms with Crippen LogP contribution >= 0.6 is 0 Å². The number of carbonyl (C=O) groups excluding carboxylic acids is 1. The van der Waals surface area contributed by atoms with E-state index in [4.69, 9.17) is 9.47 Å². The molecule has 0 spiro atoms. The van der Waals surface area contributed by atoms with Crippen LogP contribution in [0.25, 0.3) is 0 Å². The number of nitrogens with zero attached hydrogens (tertiary/aromatic N) is 1. The molecule has 2 aromatic rings. The minimum Gasteiger partial charge on any atom is -0.497 e. The van der Waals surface area contributed by atoms with E-state index in [-0.39, 0.29) is 11.8 Å². The van der Waals surface area contributed by atoms with Crippen molar-refractivity contribution in [2.24, 2.45) is 0 Å². The Balaban J connectivity index is 2.18. The van der Waals surface area contributed by atoms with Gasteiger partial charge in [-0.2, -0.15) is 0 Å². The molecule has 2 rings (SSSR count). The molecule has 0 aliphatic rings. The van der Waals surface area contributed by atoms with E-state index in [1.54, 1.807) is 36.4 Å². The van der Waals surface area contributed by atoms with Gasteiger partial charge in [-0.3, -0.25) is 4.79 Å². The molecule has 0 bridgehead atoms. The maximum atomic E-state index is 12.4. The van der Waals surface area contributed by atoms with E-state index >= 15 is 0 Å². The molecule has 25 heavy (non-hydrogen) atoms. The minimum absolute atomic E-state index is 0.0814. The zero-order valence-corrected chi connectivity index (χ0v) is 14.2. The largest absolute Gasteiger partial charge is 0.497 e. The molecule has 7 nitrogen and oxygen atoms in total. The predicted molar refractivity (Wildman–Crippen MR) is 90.8 cm³/mol. The van der Waals surface area contributed by atoms with Gasteiger partial charge in [0.05, 0.1) is 13.2 Å². The molecule has 2 N–H and O–H groups in total. The summed E-state index contributed by atoms with van der Waals surface area (Å²) in [6.07, 6.45) is -0.0862. The van der Waals surface area contributed by atoms with E-state index in [1.807, 2.05) is 13.8 Å². The summed E-state index contributed by atoms with van der Waals surface area (Å²) >= 11 is 0. The number of benzene rings is 1. The van der Waals surface area contributed by atoms with Gasteiger partial charge in [-0.25, -0.2) is 9.78 Å². The van der Waals surface area contributed by atoms with Crippen molar-refractivity contribution in [1.82, 2.24) is 10.3 Å². The number of hydrogen-bond donors (Lipinski definition) is 2. The quantitative estimate of drug-likeness (QED) is 0.800. The number of amides is 1. The van der Waals surface area contributed by atoms with Gasteiger partial charge in [0.25, 0.3) is 5.91 Å². The SMILES string of the molecule is COc1ccc(C(NC(=O)c2cccc(OC(C)C)n2)C(=O)O)cc1. The van der Waals surface area contributed by atoms with Gasteiger partial charge in [0, 0.05) is 6.07 Å². The first-order valence-corrected chi connectivity index (χ1v) is 7.72. The Labute approximate surface area is 145 Å². The summed E-state index contributed by atoms with van der Waals surface area (Å²) in [7, 11) is 1.52. The van der Waals surface area contributed by atoms with Gasteiger partial charge >= 0.3 is 5.97 Å². The second-order valence-electron chi connectivity index (χ2n) is 5.55. The lowest BCUT2D eigenvalue weighted by molar-refractivity contribution is -0.139. The third kappa shape index (κ3) is 4.94. The number of methoxy groups -OCH3 is 1. The second kappa shape index (κ2) is 8.14. The van der Waals surface area contributed by atoms with Gasteiger partial charge in [0.2, 0.25) is 5.88 Å². The van der Waals surface area contributed by atoms with E-state index in [0.29, 0.717) is 17.2 Å². The standard InChI is InChI=1S/C18H20N2O5/c1-11(2)25-15-6-4-5-14(19-15)17(21)20-16(18(22)23)12-7-9-13(24-3)10-8-12/h4-11,16H,1-3H3,(H,20,21)(H,22,23). The average molecular weight is 344 g/mol. The Hall–Kier alpha value is -3.09. The van der Waals surface area contributed by atoms with Crippen molar-refractivity contribution in [3.8, 4) is 11.6 Å². The van der Waals surface area contributed by atoms with Gasteiger partial charge < -0.3 is 19.9 Å². The average Bonchev–Trinajstić information content (AvgIpc) is 2.59. The Morgan fingerprint density at radius 2 is 1.80 bits per heavy atom. The van der Waals surface area contributed by atoms with Crippen molar-refractivity contribution in [2.45, 2.75) is 26.0 Å². The summed E-state index contributed by atoms with van der Waals surface area (Å²) in [5.41, 5.74) is 0.508. The molecular weight excluding hydrogens is 324 g/mol. The number of rotatable bonds is 7. The van der Waals surface area contributed by atoms with Crippen LogP contribution in [0.15, 0.2) is 42.5 Å². The number of aromatic nitrogens is 1. The maximum absolute atomic E-state index is 12.4. The molecule has 132 valence electrons. The van der Waals surface area contributed by atoms with Gasteiger partial charge in [-0.15, -0.1) is 0 Å². The van der Waals surface area contributed by atoms with Gasteiger partial charge in [-0.05, 0) is 37.6 Å². The lowest BCUT2D eigenvalue weighted by Crippen LogP contribution is -2.34. The monoisotopic (exact) mass is 344 g/mol. The van der Waals surface area contributed by atoms with Crippen molar-refractivity contribution in [3.63, 3.8) is 0 Å². The Morgan fingerprint density at radius 1 is 1.12 bits per heavy atom. The van der Waals surface area contributed by atoms with Crippen LogP contribution in [0, 0.1) is 0 Å². The Kier molecular flexibility index (Phi) is 5.94. The van der Waals surface area contributed by atoms with Crippen LogP contribution in [0.4, 0.5) is 0 Å². The molecule has 1 aromatic heterocycles. The highest BCUT2D eigenvalue weighted by Gasteiger charge is 2.23. The lowest BCUT2D eigenvalue weighted by atomic mass is 10.1. The zero-order chi connectivity index (χ0) is 18.4. The first kappa shape index (κ1) is 18.3. The molecule has 0 fully saturated rings. The van der Waals surface area contributed by atoms with Crippen molar-refractivity contribution >= 4 is 11.9 Å². The minimum atomic E-state index is -1.20. The molecule has 0 aliphatic carbocycles. The number of aliphatic carboxylic acids is 1. The Bertz CT molecular complexity index is 743. The summed E-state index contributed by atoms with van der Waals surface area (Å²) in [6, 6.07) is 10.00. The summed E-state index contributed by atoms with van der Waals surface area (Å²) in [6.45, 7) is 3.69. The van der Waals surface area contributed by atoms with Crippen LogP contribution in [0.2, 0.25) is 0 Å². The smallest absolute Gasteiger partial charge is 0.330 e. The second-order valence-corrected chi connectivity index (χ2v) is 5.55. The molecule has 7 heteroatoms. The van der Waals surface area contributed by atoms with Crippen molar-refractivity contribution in [3.05, 3.63) is 53.7 Å². The van der Waals surface area contributed by atoms with Gasteiger partial charge in [0.1, 0.15) is 11.4 Å². The van der Waals surface area contributed by atoms with Crippen LogP contribution in [-0.2, 0) is 4.79 Å². The van der Waals surface area contributed by atoms with Crippen molar-refractivity contribution in [2.75, 3.05) is 7.11 Å². The van der Waals surface area contributed by atoms with E-state index in [2.05, 4.69) is 10.3 Å². The molecule has 1 atom stereocenters. The Morgan fingerprint density at radius 3 is 2.36 bits per heavy atom. The number of nitrogens with one attached hydrogen (secondary N) is 1. The van der Waals surface area contributed by atoms with Crippen molar-refractivity contribution < 1.29 is 24.2 Å². The van der Waals surface area contributed by atoms with E-state index in [0.717, 1.165) is 0 Å². The molecule has 1 aromatic carbocycles. The van der Waals surface area contributed by atoms with Crippen LogP contribution in [0.1, 0.15) is 35.9 Å². The van der Waals surface area contributed by atoms with Gasteiger partial charge in [0.15, 0.2) is 6.04 Å². The number of pyridine rings is 1. The van der Waals surface area contributed by atoms with E-state index in [9.17, 15) is 14.7 Å². The summed E-state index contributed by atoms with van der Waals surface area (Å²) in [5.74, 6) is -0.871. The number of carboxylic acids is 1. The van der Waals surface area contributed by atoms with Crippen LogP contribution in [0.5, 0.6) is 11.6 Å². The third-order valence-corrected chi connectivity index (χ3v) is 3.28. The van der Waals surface area contributed by atoms with Gasteiger partial charge in [-0.1, -0.05) is 18.2 Å². The topological polar surface area (TPSA) is 97.8 Å². The maximum Gasteiger partial charge on any atom is 0.330 e. The molecule has 0 saturated carbocycles. The zero-order valence-electron chi connectivity index (χ0n) is 14.2. The normalized spacial score (nSPS) is 11.7. The van der Waals surface area contributed by atoms with Crippen molar-refractivity contribution in [1.29, 1.82) is 0 Å². The fourth-order valence-electron chi connectivity index (χ4n) is 2.14.